The van der Waals surface area contributed by atoms with Crippen LogP contribution in [0.1, 0.15) is 37.8 Å². The Labute approximate surface area is 98.3 Å². The summed E-state index contributed by atoms with van der Waals surface area (Å²) >= 11 is 0. The Bertz CT molecular complexity index is 375. The molecule has 0 spiro atoms. The summed E-state index contributed by atoms with van der Waals surface area (Å²) in [5, 5.41) is 12.2. The molecule has 1 aromatic rings. The van der Waals surface area contributed by atoms with E-state index in [1.165, 1.54) is 18.4 Å². The minimum atomic E-state index is 0.719. The first kappa shape index (κ1) is 12.6. The summed E-state index contributed by atoms with van der Waals surface area (Å²) in [5.74, 6) is 0.758. The van der Waals surface area contributed by atoms with Crippen molar-refractivity contribution in [3.05, 3.63) is 29.3 Å². The molecule has 0 radical (unpaired) electrons. The molecular weight excluding hydrogens is 196 g/mol. The smallest absolute Gasteiger partial charge is 0.0992 e. The Hall–Kier alpha value is -1.49. The largest absolute Gasteiger partial charge is 0.385 e. The molecule has 0 fully saturated rings. The zero-order valence-corrected chi connectivity index (χ0v) is 10.4. The monoisotopic (exact) mass is 216 g/mol. The average molecular weight is 216 g/mol. The van der Waals surface area contributed by atoms with Crippen LogP contribution in [0.2, 0.25) is 0 Å². The first-order chi connectivity index (χ1) is 7.63. The predicted molar refractivity (Wildman–Crippen MR) is 68.5 cm³/mol. The number of hydrogen-bond donors (Lipinski definition) is 1. The summed E-state index contributed by atoms with van der Waals surface area (Å²) in [6, 6.07) is 7.93. The van der Waals surface area contributed by atoms with Crippen LogP contribution in [0.25, 0.3) is 0 Å². The molecule has 1 N–H and O–H groups in total. The highest BCUT2D eigenvalue weighted by atomic mass is 14.9. The summed E-state index contributed by atoms with van der Waals surface area (Å²) in [5.41, 5.74) is 3.00. The van der Waals surface area contributed by atoms with Gasteiger partial charge in [-0.1, -0.05) is 19.9 Å². The Morgan fingerprint density at radius 1 is 1.38 bits per heavy atom. The van der Waals surface area contributed by atoms with Gasteiger partial charge in [0, 0.05) is 12.2 Å². The zero-order valence-electron chi connectivity index (χ0n) is 10.4. The van der Waals surface area contributed by atoms with Gasteiger partial charge in [-0.3, -0.25) is 0 Å². The van der Waals surface area contributed by atoms with Gasteiger partial charge in [0.1, 0.15) is 0 Å². The van der Waals surface area contributed by atoms with Crippen molar-refractivity contribution in [2.75, 3.05) is 11.9 Å². The van der Waals surface area contributed by atoms with Gasteiger partial charge in [0.25, 0.3) is 0 Å². The molecule has 1 aromatic carbocycles. The number of benzene rings is 1. The number of aryl methyl sites for hydroxylation is 1. The van der Waals surface area contributed by atoms with Gasteiger partial charge in [-0.15, -0.1) is 0 Å². The lowest BCUT2D eigenvalue weighted by Gasteiger charge is -2.10. The van der Waals surface area contributed by atoms with E-state index in [2.05, 4.69) is 32.2 Å². The van der Waals surface area contributed by atoms with E-state index in [9.17, 15) is 0 Å². The van der Waals surface area contributed by atoms with Crippen molar-refractivity contribution in [3.63, 3.8) is 0 Å². The quantitative estimate of drug-likeness (QED) is 0.761. The second kappa shape index (κ2) is 6.17. The molecule has 0 aliphatic rings. The Balaban J connectivity index is 2.50. The van der Waals surface area contributed by atoms with Crippen LogP contribution in [0.15, 0.2) is 18.2 Å². The Morgan fingerprint density at radius 2 is 2.12 bits per heavy atom. The van der Waals surface area contributed by atoms with Crippen LogP contribution >= 0.6 is 0 Å². The highest BCUT2D eigenvalue weighted by Crippen LogP contribution is 2.16. The van der Waals surface area contributed by atoms with Crippen molar-refractivity contribution in [1.82, 2.24) is 0 Å². The van der Waals surface area contributed by atoms with Gasteiger partial charge in [0.2, 0.25) is 0 Å². The van der Waals surface area contributed by atoms with Crippen LogP contribution < -0.4 is 5.32 Å². The third kappa shape index (κ3) is 3.94. The second-order valence-corrected chi connectivity index (χ2v) is 4.60. The maximum atomic E-state index is 8.82. The number of rotatable bonds is 5. The Kier molecular flexibility index (Phi) is 4.85. The lowest BCUT2D eigenvalue weighted by Crippen LogP contribution is -2.04. The molecule has 0 heterocycles. The van der Waals surface area contributed by atoms with Crippen molar-refractivity contribution in [3.8, 4) is 6.07 Å². The maximum Gasteiger partial charge on any atom is 0.0992 e. The van der Waals surface area contributed by atoms with Crippen LogP contribution in [0.4, 0.5) is 5.69 Å². The van der Waals surface area contributed by atoms with E-state index in [-0.39, 0.29) is 0 Å². The van der Waals surface area contributed by atoms with Crippen LogP contribution in [0.3, 0.4) is 0 Å². The molecule has 1 rings (SSSR count). The third-order valence-corrected chi connectivity index (χ3v) is 2.64. The zero-order chi connectivity index (χ0) is 12.0. The number of nitrogens with zero attached hydrogens (tertiary/aromatic N) is 1. The number of hydrogen-bond acceptors (Lipinski definition) is 2. The SMILES string of the molecule is Cc1ccc(C#N)cc1NCCCC(C)C. The summed E-state index contributed by atoms with van der Waals surface area (Å²) in [6.45, 7) is 7.52. The van der Waals surface area contributed by atoms with Gasteiger partial charge in [0.15, 0.2) is 0 Å². The molecule has 2 heteroatoms. The first-order valence-corrected chi connectivity index (χ1v) is 5.88. The summed E-state index contributed by atoms with van der Waals surface area (Å²) in [4.78, 5) is 0. The van der Waals surface area contributed by atoms with Crippen molar-refractivity contribution in [2.24, 2.45) is 5.92 Å². The summed E-state index contributed by atoms with van der Waals surface area (Å²) < 4.78 is 0. The van der Waals surface area contributed by atoms with E-state index in [1.807, 2.05) is 18.2 Å². The van der Waals surface area contributed by atoms with Gasteiger partial charge in [-0.2, -0.15) is 5.26 Å². The van der Waals surface area contributed by atoms with E-state index in [0.29, 0.717) is 0 Å². The fraction of sp³-hybridized carbons (Fsp3) is 0.500. The second-order valence-electron chi connectivity index (χ2n) is 4.60. The molecule has 0 unspecified atom stereocenters. The molecule has 0 atom stereocenters. The topological polar surface area (TPSA) is 35.8 Å². The van der Waals surface area contributed by atoms with Gasteiger partial charge < -0.3 is 5.32 Å². The van der Waals surface area contributed by atoms with E-state index in [4.69, 9.17) is 5.26 Å². The minimum Gasteiger partial charge on any atom is -0.385 e. The number of nitrogens with one attached hydrogen (secondary N) is 1. The maximum absolute atomic E-state index is 8.82. The molecule has 0 amide bonds. The molecule has 0 aromatic heterocycles. The molecule has 16 heavy (non-hydrogen) atoms. The molecule has 2 nitrogen and oxygen atoms in total. The van der Waals surface area contributed by atoms with Crippen LogP contribution in [-0.4, -0.2) is 6.54 Å². The van der Waals surface area contributed by atoms with Crippen molar-refractivity contribution < 1.29 is 0 Å². The Morgan fingerprint density at radius 3 is 2.75 bits per heavy atom. The molecule has 0 aliphatic heterocycles. The molecule has 0 bridgehead atoms. The number of nitriles is 1. The normalized spacial score (nSPS) is 10.2. The minimum absolute atomic E-state index is 0.719. The van der Waals surface area contributed by atoms with Gasteiger partial charge in [-0.25, -0.2) is 0 Å². The van der Waals surface area contributed by atoms with Gasteiger partial charge >= 0.3 is 0 Å². The predicted octanol–water partition coefficient (Wildman–Crippen LogP) is 3.71. The van der Waals surface area contributed by atoms with Crippen molar-refractivity contribution >= 4 is 5.69 Å². The van der Waals surface area contributed by atoms with E-state index < -0.39 is 0 Å². The van der Waals surface area contributed by atoms with Crippen molar-refractivity contribution in [2.45, 2.75) is 33.6 Å². The molecule has 0 saturated heterocycles. The van der Waals surface area contributed by atoms with Crippen molar-refractivity contribution in [1.29, 1.82) is 5.26 Å². The molecular formula is C14H20N2. The van der Waals surface area contributed by atoms with E-state index in [1.54, 1.807) is 0 Å². The first-order valence-electron chi connectivity index (χ1n) is 5.88. The van der Waals surface area contributed by atoms with Crippen LogP contribution in [0.5, 0.6) is 0 Å². The highest BCUT2D eigenvalue weighted by Gasteiger charge is 2.00. The summed E-state index contributed by atoms with van der Waals surface area (Å²) in [6.07, 6.45) is 2.41. The molecule has 0 saturated carbocycles. The number of anilines is 1. The molecule has 0 aliphatic carbocycles. The lowest BCUT2D eigenvalue weighted by atomic mass is 10.1. The van der Waals surface area contributed by atoms with Crippen LogP contribution in [0, 0.1) is 24.2 Å². The summed E-state index contributed by atoms with van der Waals surface area (Å²) in [7, 11) is 0. The average Bonchev–Trinajstić information content (AvgIpc) is 2.26. The third-order valence-electron chi connectivity index (χ3n) is 2.64. The van der Waals surface area contributed by atoms with Crippen LogP contribution in [-0.2, 0) is 0 Å². The highest BCUT2D eigenvalue weighted by molar-refractivity contribution is 5.55. The molecule has 86 valence electrons. The standard InChI is InChI=1S/C14H20N2/c1-11(2)5-4-8-16-14-9-13(10-15)7-6-12(14)3/h6-7,9,11,16H,4-5,8H2,1-3H3. The van der Waals surface area contributed by atoms with E-state index >= 15 is 0 Å². The fourth-order valence-corrected chi connectivity index (χ4v) is 1.62. The fourth-order valence-electron chi connectivity index (χ4n) is 1.62. The van der Waals surface area contributed by atoms with E-state index in [0.717, 1.165) is 23.7 Å². The van der Waals surface area contributed by atoms with Gasteiger partial charge in [-0.05, 0) is 43.4 Å². The lowest BCUT2D eigenvalue weighted by molar-refractivity contribution is 0.567. The van der Waals surface area contributed by atoms with Gasteiger partial charge in [0.05, 0.1) is 11.6 Å².